The van der Waals surface area contributed by atoms with Crippen LogP contribution in [-0.2, 0) is 56.6 Å². The van der Waals surface area contributed by atoms with Gasteiger partial charge in [-0.05, 0) is 41.8 Å². The van der Waals surface area contributed by atoms with E-state index in [1.54, 1.807) is 17.5 Å². The number of nitrogens with zero attached hydrogens (tertiary/aromatic N) is 3. The standard InChI is InChI=1S/C46H48N8O12S2/c1-68(62,63)53-18-15-32(25-53)41(57)49-36(42(58)52-46-50-37(28-67-46)31-5-3-2-4-6-31)27-66-26-30-9-7-29(8-10-30)24-48-39(55)16-19-64-21-22-65-20-17-47-33-11-12-34-35(23-33)45(61)54(44(34)60)38-13-14-40(56)51-43(38)59/h2-12,15,18,23,25,28,36,38,47H,13-14,16-17,19-22,24,26-27H2,1H3,(H,48,55)(H,49,57)(H,50,52,58)(H,51,56,59)/t36-,38?/m0/s1. The van der Waals surface area contributed by atoms with Gasteiger partial charge in [-0.15, -0.1) is 11.3 Å². The number of fused-ring (bicyclic) bond motifs is 1. The summed E-state index contributed by atoms with van der Waals surface area (Å²) >= 11 is 1.22. The predicted molar refractivity (Wildman–Crippen MR) is 248 cm³/mol. The highest BCUT2D eigenvalue weighted by molar-refractivity contribution is 7.89. The van der Waals surface area contributed by atoms with Crippen LogP contribution in [0.2, 0.25) is 0 Å². The highest BCUT2D eigenvalue weighted by atomic mass is 32.2. The molecule has 2 aliphatic heterocycles. The van der Waals surface area contributed by atoms with Gasteiger partial charge in [-0.25, -0.2) is 13.4 Å². The minimum Gasteiger partial charge on any atom is -0.383 e. The highest BCUT2D eigenvalue weighted by Crippen LogP contribution is 2.30. The van der Waals surface area contributed by atoms with Gasteiger partial charge in [0.2, 0.25) is 27.7 Å². The van der Waals surface area contributed by atoms with Gasteiger partial charge >= 0.3 is 0 Å². The van der Waals surface area contributed by atoms with Crippen LogP contribution in [0.15, 0.2) is 96.6 Å². The van der Waals surface area contributed by atoms with Crippen LogP contribution in [0.1, 0.15) is 61.5 Å². The Kier molecular flexibility index (Phi) is 16.2. The van der Waals surface area contributed by atoms with Crippen molar-refractivity contribution in [3.8, 4) is 11.3 Å². The molecule has 356 valence electrons. The monoisotopic (exact) mass is 968 g/mol. The molecule has 5 aromatic rings. The molecule has 5 N–H and O–H groups in total. The number of rotatable bonds is 23. The van der Waals surface area contributed by atoms with Gasteiger partial charge in [0.05, 0.1) is 68.3 Å². The predicted octanol–water partition coefficient (Wildman–Crippen LogP) is 2.93. The van der Waals surface area contributed by atoms with Crippen LogP contribution in [0.5, 0.6) is 0 Å². The van der Waals surface area contributed by atoms with E-state index in [0.717, 1.165) is 38.0 Å². The maximum Gasteiger partial charge on any atom is 0.262 e. The van der Waals surface area contributed by atoms with Crippen molar-refractivity contribution in [2.24, 2.45) is 0 Å². The summed E-state index contributed by atoms with van der Waals surface area (Å²) in [6.45, 7) is 1.60. The van der Waals surface area contributed by atoms with Crippen LogP contribution in [0.3, 0.4) is 0 Å². The average Bonchev–Trinajstić information content (AvgIpc) is 4.07. The second-order valence-corrected chi connectivity index (χ2v) is 18.4. The molecule has 2 atom stereocenters. The van der Waals surface area contributed by atoms with E-state index in [1.165, 1.54) is 29.7 Å². The number of imide groups is 2. The van der Waals surface area contributed by atoms with Gasteiger partial charge in [0.15, 0.2) is 5.13 Å². The molecular formula is C46H48N8O12S2. The summed E-state index contributed by atoms with van der Waals surface area (Å²) in [5.74, 6) is -3.72. The molecule has 3 aromatic carbocycles. The van der Waals surface area contributed by atoms with E-state index >= 15 is 0 Å². The van der Waals surface area contributed by atoms with Gasteiger partial charge in [0, 0.05) is 55.0 Å². The number of thiazole rings is 1. The van der Waals surface area contributed by atoms with Gasteiger partial charge in [0.25, 0.3) is 23.6 Å². The zero-order chi connectivity index (χ0) is 48.2. The normalized spacial score (nSPS) is 15.1. The Morgan fingerprint density at radius 3 is 2.35 bits per heavy atom. The Hall–Kier alpha value is -7.11. The molecule has 2 aliphatic rings. The lowest BCUT2D eigenvalue weighted by Crippen LogP contribution is -2.54. The van der Waals surface area contributed by atoms with Gasteiger partial charge in [-0.2, -0.15) is 0 Å². The summed E-state index contributed by atoms with van der Waals surface area (Å²) in [5, 5.41) is 15.7. The Bertz CT molecular complexity index is 2780. The van der Waals surface area contributed by atoms with E-state index in [-0.39, 0.29) is 81.4 Å². The average molecular weight is 969 g/mol. The molecule has 7 amide bonds. The van der Waals surface area contributed by atoms with Crippen LogP contribution in [0.4, 0.5) is 10.8 Å². The molecule has 2 aromatic heterocycles. The lowest BCUT2D eigenvalue weighted by molar-refractivity contribution is -0.136. The summed E-state index contributed by atoms with van der Waals surface area (Å²) in [6, 6.07) is 20.6. The number of anilines is 2. The van der Waals surface area contributed by atoms with Crippen LogP contribution in [0.25, 0.3) is 11.3 Å². The number of amides is 7. The van der Waals surface area contributed by atoms with Crippen molar-refractivity contribution in [2.45, 2.75) is 44.5 Å². The third kappa shape index (κ3) is 12.9. The molecule has 1 saturated heterocycles. The maximum atomic E-state index is 13.5. The first kappa shape index (κ1) is 48.8. The molecule has 0 radical (unpaired) electrons. The lowest BCUT2D eigenvalue weighted by Gasteiger charge is -2.27. The fourth-order valence-corrected chi connectivity index (χ4v) is 8.39. The van der Waals surface area contributed by atoms with Gasteiger partial charge < -0.3 is 35.5 Å². The maximum absolute atomic E-state index is 13.5. The number of carbonyl (C=O) groups is 7. The summed E-state index contributed by atoms with van der Waals surface area (Å²) < 4.78 is 41.8. The van der Waals surface area contributed by atoms with E-state index in [4.69, 9.17) is 14.2 Å². The smallest absolute Gasteiger partial charge is 0.262 e. The zero-order valence-electron chi connectivity index (χ0n) is 36.7. The first-order valence-electron chi connectivity index (χ1n) is 21.4. The summed E-state index contributed by atoms with van der Waals surface area (Å²) in [7, 11) is -3.63. The van der Waals surface area contributed by atoms with Crippen LogP contribution >= 0.6 is 11.3 Å². The van der Waals surface area contributed by atoms with Crippen molar-refractivity contribution in [1.29, 1.82) is 0 Å². The van der Waals surface area contributed by atoms with Crippen molar-refractivity contribution in [1.82, 2.24) is 29.8 Å². The molecule has 0 aliphatic carbocycles. The van der Waals surface area contributed by atoms with E-state index in [9.17, 15) is 42.0 Å². The molecule has 68 heavy (non-hydrogen) atoms. The zero-order valence-corrected chi connectivity index (χ0v) is 38.4. The number of nitrogens with one attached hydrogen (secondary N) is 5. The quantitative estimate of drug-likeness (QED) is 0.0466. The van der Waals surface area contributed by atoms with Crippen molar-refractivity contribution >= 4 is 73.5 Å². The van der Waals surface area contributed by atoms with Gasteiger partial charge in [-0.3, -0.25) is 47.8 Å². The minimum absolute atomic E-state index is 0.0392. The minimum atomic E-state index is -3.63. The molecule has 4 heterocycles. The van der Waals surface area contributed by atoms with E-state index in [2.05, 4.69) is 31.6 Å². The van der Waals surface area contributed by atoms with E-state index < -0.39 is 57.6 Å². The SMILES string of the molecule is CS(=O)(=O)n1ccc(C(=O)N[C@@H](COCc2ccc(CNC(=O)CCOCCOCCNc3ccc4c(c3)C(=O)N(C3CCC(=O)NC3=O)C4=O)cc2)C(=O)Nc2nc(-c3ccccc3)cs2)c1. The molecular weight excluding hydrogens is 921 g/mol. The molecule has 1 fully saturated rings. The topological polar surface area (TPSA) is 263 Å². The highest BCUT2D eigenvalue weighted by Gasteiger charge is 2.44. The second kappa shape index (κ2) is 22.6. The summed E-state index contributed by atoms with van der Waals surface area (Å²) in [5.41, 5.74) is 4.15. The number of carbonyl (C=O) groups excluding carboxylic acids is 7. The Balaban J connectivity index is 0.777. The van der Waals surface area contributed by atoms with Crippen molar-refractivity contribution in [3.05, 3.63) is 124 Å². The fraction of sp³-hybridized carbons (Fsp3) is 0.304. The van der Waals surface area contributed by atoms with Crippen molar-refractivity contribution < 1.29 is 56.2 Å². The first-order chi connectivity index (χ1) is 32.7. The van der Waals surface area contributed by atoms with Gasteiger partial charge in [0.1, 0.15) is 12.1 Å². The van der Waals surface area contributed by atoms with Crippen LogP contribution in [-0.4, -0.2) is 122 Å². The van der Waals surface area contributed by atoms with Gasteiger partial charge in [-0.1, -0.05) is 54.6 Å². The van der Waals surface area contributed by atoms with Crippen molar-refractivity contribution in [3.63, 3.8) is 0 Å². The second-order valence-electron chi connectivity index (χ2n) is 15.6. The largest absolute Gasteiger partial charge is 0.383 e. The molecule has 0 spiro atoms. The number of hydrogen-bond donors (Lipinski definition) is 5. The molecule has 0 saturated carbocycles. The number of ether oxygens (including phenoxy) is 3. The molecule has 0 bridgehead atoms. The number of piperidine rings is 1. The number of hydrogen-bond acceptors (Lipinski definition) is 15. The Morgan fingerprint density at radius 2 is 1.62 bits per heavy atom. The van der Waals surface area contributed by atoms with Crippen molar-refractivity contribution in [2.75, 3.05) is 56.5 Å². The third-order valence-corrected chi connectivity index (χ3v) is 12.4. The molecule has 20 nitrogen and oxygen atoms in total. The van der Waals surface area contributed by atoms with E-state index in [0.29, 0.717) is 29.7 Å². The fourth-order valence-electron chi connectivity index (χ4n) is 7.08. The molecule has 22 heteroatoms. The number of benzene rings is 3. The molecule has 7 rings (SSSR count). The Morgan fingerprint density at radius 1 is 0.882 bits per heavy atom. The Labute approximate surface area is 394 Å². The van der Waals surface area contributed by atoms with Crippen LogP contribution in [0, 0.1) is 0 Å². The number of aromatic nitrogens is 2. The van der Waals surface area contributed by atoms with E-state index in [1.807, 2.05) is 54.6 Å². The molecule has 1 unspecified atom stereocenters. The summed E-state index contributed by atoms with van der Waals surface area (Å²) in [4.78, 5) is 94.2. The van der Waals surface area contributed by atoms with Crippen LogP contribution < -0.4 is 26.6 Å². The summed E-state index contributed by atoms with van der Waals surface area (Å²) in [6.07, 6.45) is 3.66. The third-order valence-electron chi connectivity index (χ3n) is 10.7. The lowest BCUT2D eigenvalue weighted by atomic mass is 10.0. The first-order valence-corrected chi connectivity index (χ1v) is 24.1.